The maximum absolute atomic E-state index is 13.4. The average Bonchev–Trinajstić information content (AvgIpc) is 3.34. The monoisotopic (exact) mass is 823 g/mol. The Hall–Kier alpha value is -3.00. The molecule has 13 heteroatoms. The standard InChI is InChI=1S/C34H41ClN2O6S.C10H21N3/c1-22-6-4-15-34(20-38,42-3)29-11-8-26(29)18-37-19-33(14-5-7-24-16-27(35)10-12-28(24)33)21-43-31-13-9-25(17-30(31)37)32(39)36-44(40,41)23(22)2;1-9(2)13-6-5-12-4-3-11-7-10(12)8-13/h4,9-10,12-13,15-17,20,22-23,26,29H,5-8,11,14,18-19,21H2,1-3H3,(H,36,39);9-11H,3-8H2,1-2H3/b15-4+;/t22-,23+,26-,29+,33-,34+;/m0./s1. The van der Waals surface area contributed by atoms with Gasteiger partial charge < -0.3 is 19.7 Å². The predicted molar refractivity (Wildman–Crippen MR) is 226 cm³/mol. The number of aldehydes is 1. The minimum atomic E-state index is -3.97. The Morgan fingerprint density at radius 3 is 2.63 bits per heavy atom. The number of anilines is 1. The van der Waals surface area contributed by atoms with Gasteiger partial charge in [-0.25, -0.2) is 13.1 Å². The van der Waals surface area contributed by atoms with Gasteiger partial charge in [-0.2, -0.15) is 0 Å². The molecule has 7 atom stereocenters. The van der Waals surface area contributed by atoms with Gasteiger partial charge in [-0.3, -0.25) is 19.4 Å². The second kappa shape index (κ2) is 17.3. The van der Waals surface area contributed by atoms with Crippen molar-refractivity contribution in [2.45, 2.75) is 94.6 Å². The Morgan fingerprint density at radius 1 is 1.07 bits per heavy atom. The summed E-state index contributed by atoms with van der Waals surface area (Å²) < 4.78 is 41.3. The highest BCUT2D eigenvalue weighted by Crippen LogP contribution is 2.48. The summed E-state index contributed by atoms with van der Waals surface area (Å²) in [6, 6.07) is 12.8. The second-order valence-corrected chi connectivity index (χ2v) is 20.2. The van der Waals surface area contributed by atoms with Gasteiger partial charge in [0.1, 0.15) is 11.4 Å². The van der Waals surface area contributed by atoms with Crippen LogP contribution in [-0.4, -0.2) is 119 Å². The first-order chi connectivity index (χ1) is 27.3. The molecule has 2 aromatic carbocycles. The van der Waals surface area contributed by atoms with Crippen LogP contribution in [0.3, 0.4) is 0 Å². The van der Waals surface area contributed by atoms with Crippen LogP contribution < -0.4 is 19.7 Å². The van der Waals surface area contributed by atoms with Gasteiger partial charge in [-0.1, -0.05) is 30.7 Å². The van der Waals surface area contributed by atoms with E-state index in [1.165, 1.54) is 50.4 Å². The fourth-order valence-corrected chi connectivity index (χ4v) is 11.5. The van der Waals surface area contributed by atoms with E-state index in [2.05, 4.69) is 50.7 Å². The number of piperazine rings is 2. The van der Waals surface area contributed by atoms with Crippen LogP contribution in [0.5, 0.6) is 5.75 Å². The SMILES string of the molecule is CC(C)N1CCN2CCNCC2C1.CO[C@@]1(C=O)/C=C/C[C@H](C)[C@@H](C)S(=O)(=O)NC(=O)c2ccc3c(c2)N(C[C@@H]2CC[C@H]21)C[C@@]1(CCCc2cc(Cl)ccc21)CO3. The van der Waals surface area contributed by atoms with Crippen LogP contribution in [-0.2, 0) is 31.4 Å². The van der Waals surface area contributed by atoms with Crippen molar-refractivity contribution in [3.63, 3.8) is 0 Å². The number of nitrogens with zero attached hydrogens (tertiary/aromatic N) is 3. The zero-order valence-electron chi connectivity index (χ0n) is 34.3. The lowest BCUT2D eigenvalue weighted by atomic mass is 9.64. The molecule has 57 heavy (non-hydrogen) atoms. The fraction of sp³-hybridized carbons (Fsp3) is 0.636. The van der Waals surface area contributed by atoms with Gasteiger partial charge in [0.25, 0.3) is 5.91 Å². The van der Waals surface area contributed by atoms with E-state index in [9.17, 15) is 18.0 Å². The van der Waals surface area contributed by atoms with E-state index in [1.54, 1.807) is 32.2 Å². The Bertz CT molecular complexity index is 1930. The first kappa shape index (κ1) is 42.1. The number of amides is 1. The minimum absolute atomic E-state index is 0.0434. The van der Waals surface area contributed by atoms with Crippen LogP contribution in [0.25, 0.3) is 0 Å². The molecule has 312 valence electrons. The molecule has 1 unspecified atom stereocenters. The Balaban J connectivity index is 0.000000322. The molecule has 2 N–H and O–H groups in total. The fourth-order valence-electron chi connectivity index (χ4n) is 10.0. The highest BCUT2D eigenvalue weighted by molar-refractivity contribution is 7.90. The zero-order valence-corrected chi connectivity index (χ0v) is 35.9. The van der Waals surface area contributed by atoms with E-state index in [0.29, 0.717) is 42.9 Å². The molecule has 0 radical (unpaired) electrons. The minimum Gasteiger partial charge on any atom is -0.490 e. The molecule has 0 aromatic heterocycles. The number of allylic oxidation sites excluding steroid dienone is 1. The average molecular weight is 825 g/mol. The van der Waals surface area contributed by atoms with E-state index in [4.69, 9.17) is 21.1 Å². The molecule has 4 heterocycles. The van der Waals surface area contributed by atoms with E-state index >= 15 is 0 Å². The molecule has 1 spiro atoms. The summed E-state index contributed by atoms with van der Waals surface area (Å²) in [5, 5.41) is 3.35. The molecule has 2 bridgehead atoms. The number of aryl methyl sites for hydroxylation is 1. The highest BCUT2D eigenvalue weighted by Gasteiger charge is 2.49. The molecule has 4 aliphatic heterocycles. The van der Waals surface area contributed by atoms with Crippen LogP contribution in [0, 0.1) is 17.8 Å². The number of rotatable bonds is 3. The molecule has 8 rings (SSSR count). The van der Waals surface area contributed by atoms with Gasteiger partial charge in [-0.05, 0) is 119 Å². The third kappa shape index (κ3) is 8.68. The van der Waals surface area contributed by atoms with Crippen molar-refractivity contribution in [2.24, 2.45) is 17.8 Å². The number of ether oxygens (including phenoxy) is 2. The molecule has 11 nitrogen and oxygen atoms in total. The number of fused-ring (bicyclic) bond motifs is 5. The molecule has 3 fully saturated rings. The number of benzene rings is 2. The molecule has 1 amide bonds. The van der Waals surface area contributed by atoms with Crippen molar-refractivity contribution in [1.29, 1.82) is 0 Å². The van der Waals surface area contributed by atoms with Gasteiger partial charge in [0.2, 0.25) is 10.0 Å². The lowest BCUT2D eigenvalue weighted by molar-refractivity contribution is -0.135. The van der Waals surface area contributed by atoms with Crippen molar-refractivity contribution < 1.29 is 27.5 Å². The quantitative estimate of drug-likeness (QED) is 0.306. The molecule has 2 aromatic rings. The highest BCUT2D eigenvalue weighted by atomic mass is 35.5. The summed E-state index contributed by atoms with van der Waals surface area (Å²) in [5.41, 5.74) is 2.05. The molecular weight excluding hydrogens is 762 g/mol. The van der Waals surface area contributed by atoms with Crippen molar-refractivity contribution in [2.75, 3.05) is 71.0 Å². The summed E-state index contributed by atoms with van der Waals surface area (Å²) in [7, 11) is -2.41. The number of halogens is 1. The number of nitrogens with one attached hydrogen (secondary N) is 2. The number of sulfonamides is 1. The van der Waals surface area contributed by atoms with Gasteiger partial charge >= 0.3 is 0 Å². The molecule has 6 aliphatic rings. The number of methoxy groups -OCH3 is 1. The molecule has 2 saturated heterocycles. The third-order valence-corrected chi connectivity index (χ3v) is 16.2. The lowest BCUT2D eigenvalue weighted by Gasteiger charge is -2.48. The summed E-state index contributed by atoms with van der Waals surface area (Å²) in [6.07, 6.45) is 9.65. The molecular formula is C44H62ClN5O6S. The Morgan fingerprint density at radius 2 is 1.89 bits per heavy atom. The largest absolute Gasteiger partial charge is 0.490 e. The van der Waals surface area contributed by atoms with Crippen molar-refractivity contribution in [3.05, 3.63) is 70.3 Å². The third-order valence-electron chi connectivity index (χ3n) is 14.0. The zero-order chi connectivity index (χ0) is 40.5. The first-order valence-electron chi connectivity index (χ1n) is 21.0. The van der Waals surface area contributed by atoms with E-state index in [0.717, 1.165) is 50.1 Å². The molecule has 2 aliphatic carbocycles. The summed E-state index contributed by atoms with van der Waals surface area (Å²) in [6.45, 7) is 17.2. The number of hydrogen-bond donors (Lipinski definition) is 2. The summed E-state index contributed by atoms with van der Waals surface area (Å²) >= 11 is 6.40. The van der Waals surface area contributed by atoms with Gasteiger partial charge in [-0.15, -0.1) is 0 Å². The van der Waals surface area contributed by atoms with Crippen LogP contribution in [0.15, 0.2) is 48.6 Å². The van der Waals surface area contributed by atoms with Crippen molar-refractivity contribution >= 4 is 39.5 Å². The van der Waals surface area contributed by atoms with Gasteiger partial charge in [0, 0.05) is 93.5 Å². The maximum atomic E-state index is 13.4. The van der Waals surface area contributed by atoms with Crippen molar-refractivity contribution in [3.8, 4) is 5.75 Å². The van der Waals surface area contributed by atoms with Gasteiger partial charge in [0.15, 0.2) is 6.29 Å². The predicted octanol–water partition coefficient (Wildman–Crippen LogP) is 5.45. The number of carbonyl (C=O) groups is 2. The summed E-state index contributed by atoms with van der Waals surface area (Å²) in [4.78, 5) is 33.6. The summed E-state index contributed by atoms with van der Waals surface area (Å²) in [5.74, 6) is -0.203. The van der Waals surface area contributed by atoms with Gasteiger partial charge in [0.05, 0.1) is 17.5 Å². The molecule has 1 saturated carbocycles. The van der Waals surface area contributed by atoms with E-state index < -0.39 is 26.8 Å². The Labute approximate surface area is 344 Å². The van der Waals surface area contributed by atoms with Crippen LogP contribution in [0.2, 0.25) is 5.02 Å². The van der Waals surface area contributed by atoms with Crippen LogP contribution >= 0.6 is 11.6 Å². The van der Waals surface area contributed by atoms with Crippen LogP contribution in [0.1, 0.15) is 81.3 Å². The van der Waals surface area contributed by atoms with Crippen LogP contribution in [0.4, 0.5) is 5.69 Å². The van der Waals surface area contributed by atoms with E-state index in [-0.39, 0.29) is 28.7 Å². The maximum Gasteiger partial charge on any atom is 0.264 e. The van der Waals surface area contributed by atoms with E-state index in [1.807, 2.05) is 25.1 Å². The topological polar surface area (TPSA) is 121 Å². The smallest absolute Gasteiger partial charge is 0.264 e. The lowest BCUT2D eigenvalue weighted by Crippen LogP contribution is -2.62. The second-order valence-electron chi connectivity index (χ2n) is 17.7. The number of carbonyl (C=O) groups excluding carboxylic acids is 2. The number of hydrogen-bond acceptors (Lipinski definition) is 10. The first-order valence-corrected chi connectivity index (χ1v) is 22.9. The normalized spacial score (nSPS) is 33.5. The Kier molecular flexibility index (Phi) is 12.8. The van der Waals surface area contributed by atoms with Crippen molar-refractivity contribution in [1.82, 2.24) is 19.8 Å².